The molecule has 0 radical (unpaired) electrons. The molecule has 4 nitrogen and oxygen atoms in total. The number of carbonyl (C=O) groups is 1. The van der Waals surface area contributed by atoms with Crippen LogP contribution in [0, 0.1) is 17.7 Å². The van der Waals surface area contributed by atoms with Gasteiger partial charge in [0.1, 0.15) is 5.82 Å². The predicted octanol–water partition coefficient (Wildman–Crippen LogP) is 1.66. The Labute approximate surface area is 115 Å². The summed E-state index contributed by atoms with van der Waals surface area (Å²) in [6.45, 7) is 0.475. The fraction of sp³-hybridized carbons (Fsp3) is 0.133. The Morgan fingerprint density at radius 3 is 2.95 bits per heavy atom. The van der Waals surface area contributed by atoms with Crippen LogP contribution in [0.1, 0.15) is 21.5 Å². The van der Waals surface area contributed by atoms with Crippen LogP contribution >= 0.6 is 0 Å². The van der Waals surface area contributed by atoms with Gasteiger partial charge < -0.3 is 15.5 Å². The Balaban J connectivity index is 2.16. The summed E-state index contributed by atoms with van der Waals surface area (Å²) >= 11 is 0. The molecular weight excluding hydrogens is 259 g/mol. The first-order valence-corrected chi connectivity index (χ1v) is 5.98. The second-order valence-corrected chi connectivity index (χ2v) is 4.01. The molecule has 2 aromatic rings. The lowest BCUT2D eigenvalue weighted by Gasteiger charge is -2.06. The average Bonchev–Trinajstić information content (AvgIpc) is 2.96. The highest BCUT2D eigenvalue weighted by Gasteiger charge is 2.11. The number of hydrogen-bond acceptors (Lipinski definition) is 3. The van der Waals surface area contributed by atoms with Crippen molar-refractivity contribution in [3.8, 4) is 11.8 Å². The van der Waals surface area contributed by atoms with Crippen LogP contribution in [0.3, 0.4) is 0 Å². The molecule has 0 aliphatic heterocycles. The number of nitrogens with two attached hydrogens (primary N) is 1. The lowest BCUT2D eigenvalue weighted by atomic mass is 10.1. The zero-order chi connectivity index (χ0) is 14.4. The van der Waals surface area contributed by atoms with E-state index in [1.54, 1.807) is 12.3 Å². The average molecular weight is 272 g/mol. The van der Waals surface area contributed by atoms with E-state index < -0.39 is 5.82 Å². The van der Waals surface area contributed by atoms with E-state index in [0.717, 1.165) is 5.56 Å². The van der Waals surface area contributed by atoms with Crippen LogP contribution in [0.25, 0.3) is 0 Å². The van der Waals surface area contributed by atoms with Crippen LogP contribution in [0.4, 0.5) is 4.39 Å². The van der Waals surface area contributed by atoms with E-state index in [-0.39, 0.29) is 12.5 Å². The first kappa shape index (κ1) is 13.8. The van der Waals surface area contributed by atoms with Gasteiger partial charge in [-0.15, -0.1) is 0 Å². The molecule has 0 spiro atoms. The van der Waals surface area contributed by atoms with Crippen LogP contribution in [0.15, 0.2) is 41.2 Å². The maximum absolute atomic E-state index is 13.2. The van der Waals surface area contributed by atoms with Crippen molar-refractivity contribution in [2.24, 2.45) is 5.73 Å². The second kappa shape index (κ2) is 6.55. The highest BCUT2D eigenvalue weighted by Crippen LogP contribution is 2.11. The fourth-order valence-electron chi connectivity index (χ4n) is 1.63. The smallest absolute Gasteiger partial charge is 0.252 e. The molecule has 5 heteroatoms. The number of nitrogens with one attached hydrogen (secondary N) is 1. The van der Waals surface area contributed by atoms with E-state index in [9.17, 15) is 9.18 Å². The standard InChI is InChI=1S/C15H13FN2O2/c16-13-3-4-14(12(8-13)2-1-6-17)15(19)18-9-11-5-7-20-10-11/h3-5,7-8,10H,6,9,17H2,(H,18,19). The maximum Gasteiger partial charge on any atom is 0.252 e. The molecule has 1 aromatic heterocycles. The molecule has 1 aromatic carbocycles. The molecule has 0 saturated carbocycles. The summed E-state index contributed by atoms with van der Waals surface area (Å²) in [5.74, 6) is 4.53. The Morgan fingerprint density at radius 2 is 2.25 bits per heavy atom. The molecule has 0 saturated heterocycles. The predicted molar refractivity (Wildman–Crippen MR) is 72.2 cm³/mol. The Hall–Kier alpha value is -2.58. The summed E-state index contributed by atoms with van der Waals surface area (Å²) in [6.07, 6.45) is 3.07. The number of carbonyl (C=O) groups excluding carboxylic acids is 1. The number of hydrogen-bond donors (Lipinski definition) is 2. The van der Waals surface area contributed by atoms with Gasteiger partial charge in [0.05, 0.1) is 24.6 Å². The molecule has 0 aliphatic rings. The molecule has 1 heterocycles. The molecule has 2 rings (SSSR count). The van der Waals surface area contributed by atoms with E-state index in [0.29, 0.717) is 17.7 Å². The normalized spacial score (nSPS) is 9.70. The van der Waals surface area contributed by atoms with Gasteiger partial charge in [0, 0.05) is 17.7 Å². The Morgan fingerprint density at radius 1 is 1.40 bits per heavy atom. The van der Waals surface area contributed by atoms with Crippen LogP contribution < -0.4 is 11.1 Å². The van der Waals surface area contributed by atoms with Crippen molar-refractivity contribution >= 4 is 5.91 Å². The third-order valence-electron chi connectivity index (χ3n) is 2.58. The summed E-state index contributed by atoms with van der Waals surface area (Å²) in [7, 11) is 0. The molecule has 0 aliphatic carbocycles. The first-order chi connectivity index (χ1) is 9.70. The van der Waals surface area contributed by atoms with E-state index in [1.165, 1.54) is 24.5 Å². The summed E-state index contributed by atoms with van der Waals surface area (Å²) in [5.41, 5.74) is 6.76. The molecular formula is C15H13FN2O2. The molecule has 0 bridgehead atoms. The van der Waals surface area contributed by atoms with Gasteiger partial charge in [-0.05, 0) is 24.3 Å². The van der Waals surface area contributed by atoms with Gasteiger partial charge >= 0.3 is 0 Å². The van der Waals surface area contributed by atoms with Crippen LogP contribution in [0.5, 0.6) is 0 Å². The molecule has 0 fully saturated rings. The summed E-state index contributed by atoms with van der Waals surface area (Å²) < 4.78 is 18.1. The van der Waals surface area contributed by atoms with Gasteiger partial charge in [0.2, 0.25) is 0 Å². The lowest BCUT2D eigenvalue weighted by molar-refractivity contribution is 0.0950. The Kier molecular flexibility index (Phi) is 4.53. The van der Waals surface area contributed by atoms with Crippen molar-refractivity contribution in [1.82, 2.24) is 5.32 Å². The molecule has 102 valence electrons. The monoisotopic (exact) mass is 272 g/mol. The third-order valence-corrected chi connectivity index (χ3v) is 2.58. The highest BCUT2D eigenvalue weighted by atomic mass is 19.1. The van der Waals surface area contributed by atoms with E-state index in [2.05, 4.69) is 17.2 Å². The quantitative estimate of drug-likeness (QED) is 0.835. The van der Waals surface area contributed by atoms with Crippen LogP contribution in [0.2, 0.25) is 0 Å². The SMILES string of the molecule is NCC#Cc1cc(F)ccc1C(=O)NCc1ccoc1. The highest BCUT2D eigenvalue weighted by molar-refractivity contribution is 5.96. The maximum atomic E-state index is 13.2. The van der Waals surface area contributed by atoms with Gasteiger partial charge in [-0.3, -0.25) is 4.79 Å². The van der Waals surface area contributed by atoms with Crippen LogP contribution in [-0.2, 0) is 6.54 Å². The zero-order valence-corrected chi connectivity index (χ0v) is 10.7. The molecule has 20 heavy (non-hydrogen) atoms. The topological polar surface area (TPSA) is 68.3 Å². The minimum Gasteiger partial charge on any atom is -0.472 e. The number of rotatable bonds is 3. The first-order valence-electron chi connectivity index (χ1n) is 5.98. The van der Waals surface area contributed by atoms with Gasteiger partial charge in [-0.25, -0.2) is 4.39 Å². The lowest BCUT2D eigenvalue weighted by Crippen LogP contribution is -2.23. The fourth-order valence-corrected chi connectivity index (χ4v) is 1.63. The minimum absolute atomic E-state index is 0.145. The van der Waals surface area contributed by atoms with Gasteiger partial charge in [-0.1, -0.05) is 11.8 Å². The summed E-state index contributed by atoms with van der Waals surface area (Å²) in [6, 6.07) is 5.59. The minimum atomic E-state index is -0.447. The molecule has 3 N–H and O–H groups in total. The molecule has 0 atom stereocenters. The van der Waals surface area contributed by atoms with Crippen LogP contribution in [-0.4, -0.2) is 12.5 Å². The third kappa shape index (κ3) is 3.46. The summed E-state index contributed by atoms with van der Waals surface area (Å²) in [4.78, 5) is 12.1. The largest absolute Gasteiger partial charge is 0.472 e. The summed E-state index contributed by atoms with van der Waals surface area (Å²) in [5, 5.41) is 2.72. The number of halogens is 1. The van der Waals surface area contributed by atoms with Crippen molar-refractivity contribution < 1.29 is 13.6 Å². The molecule has 1 amide bonds. The van der Waals surface area contributed by atoms with Crippen molar-refractivity contribution in [2.75, 3.05) is 6.54 Å². The molecule has 0 unspecified atom stereocenters. The Bertz CT molecular complexity index is 654. The number of amides is 1. The van der Waals surface area contributed by atoms with Gasteiger partial charge in [-0.2, -0.15) is 0 Å². The van der Waals surface area contributed by atoms with E-state index in [1.807, 2.05) is 0 Å². The van der Waals surface area contributed by atoms with Crippen molar-refractivity contribution in [3.05, 3.63) is 59.3 Å². The second-order valence-electron chi connectivity index (χ2n) is 4.01. The van der Waals surface area contributed by atoms with E-state index >= 15 is 0 Å². The van der Waals surface area contributed by atoms with Crippen molar-refractivity contribution in [1.29, 1.82) is 0 Å². The number of benzene rings is 1. The van der Waals surface area contributed by atoms with Crippen molar-refractivity contribution in [3.63, 3.8) is 0 Å². The van der Waals surface area contributed by atoms with Gasteiger partial charge in [0.25, 0.3) is 5.91 Å². The van der Waals surface area contributed by atoms with Crippen molar-refractivity contribution in [2.45, 2.75) is 6.54 Å². The zero-order valence-electron chi connectivity index (χ0n) is 10.7. The van der Waals surface area contributed by atoms with E-state index in [4.69, 9.17) is 10.2 Å². The van der Waals surface area contributed by atoms with Gasteiger partial charge in [0.15, 0.2) is 0 Å². The number of furan rings is 1.